The Balaban J connectivity index is 1.28. The summed E-state index contributed by atoms with van der Waals surface area (Å²) in [4.78, 5) is 12.3. The number of hydrogen-bond donors (Lipinski definition) is 1. The van der Waals surface area contributed by atoms with Crippen LogP contribution in [0.15, 0.2) is 103 Å². The number of ketones is 1. The summed E-state index contributed by atoms with van der Waals surface area (Å²) in [6.07, 6.45) is 10.1. The fraction of sp³-hybridized carbons (Fsp3) is 0.432. The first-order valence-corrected chi connectivity index (χ1v) is 17.6. The summed E-state index contributed by atoms with van der Waals surface area (Å²) in [6.45, 7) is 2.70. The van der Waals surface area contributed by atoms with Gasteiger partial charge in [-0.15, -0.1) is 0 Å². The van der Waals surface area contributed by atoms with Crippen LogP contribution in [0.4, 0.5) is 0 Å². The van der Waals surface area contributed by atoms with E-state index in [9.17, 15) is 9.90 Å². The third-order valence-corrected chi connectivity index (χ3v) is 15.8. The van der Waals surface area contributed by atoms with Gasteiger partial charge in [-0.25, -0.2) is 0 Å². The predicted octanol–water partition coefficient (Wildman–Crippen LogP) is 5.54. The molecule has 3 saturated carbocycles. The van der Waals surface area contributed by atoms with Gasteiger partial charge >= 0.3 is 0 Å². The average molecular weight is 563 g/mol. The molecule has 0 bridgehead atoms. The second-order valence-electron chi connectivity index (χ2n) is 13.4. The van der Waals surface area contributed by atoms with Crippen molar-refractivity contribution < 1.29 is 14.3 Å². The fourth-order valence-electron chi connectivity index (χ4n) is 9.74. The van der Waals surface area contributed by atoms with E-state index in [1.54, 1.807) is 0 Å². The van der Waals surface area contributed by atoms with Gasteiger partial charge < -0.3 is 9.53 Å². The Bertz CT molecular complexity index is 1320. The smallest absolute Gasteiger partial charge is 0.288 e. The summed E-state index contributed by atoms with van der Waals surface area (Å²) in [6, 6.07) is 33.0. The van der Waals surface area contributed by atoms with E-state index in [0.29, 0.717) is 24.2 Å². The standard InChI is InChI=1S/C37H42O3Si/c1-36-23-22-34-32(18-17-27-25-28(39)21-24-37(27,34)26-38)33(36)19-20-35(36)40-41(29-11-5-2-6-12-29,30-13-7-3-8-14-30)31-15-9-4-10-16-31/h2-16,25,32-35,38H,17-24,26H2,1H3/t32-,33-,34-,35-,36-,37+/m0/s1. The van der Waals surface area contributed by atoms with E-state index in [1.807, 2.05) is 6.08 Å². The summed E-state index contributed by atoms with van der Waals surface area (Å²) in [7, 11) is -2.80. The van der Waals surface area contributed by atoms with Gasteiger partial charge in [0.2, 0.25) is 0 Å². The van der Waals surface area contributed by atoms with Crippen molar-refractivity contribution in [2.75, 3.05) is 6.61 Å². The van der Waals surface area contributed by atoms with Crippen LogP contribution in [0.5, 0.6) is 0 Å². The molecular formula is C37H42O3Si. The maximum Gasteiger partial charge on any atom is 0.288 e. The minimum atomic E-state index is -2.80. The number of rotatable bonds is 6. The molecule has 1 N–H and O–H groups in total. The van der Waals surface area contributed by atoms with Crippen LogP contribution in [0, 0.1) is 28.6 Å². The molecule has 0 amide bonds. The number of carbonyl (C=O) groups is 1. The number of fused-ring (bicyclic) bond motifs is 5. The van der Waals surface area contributed by atoms with Gasteiger partial charge in [0, 0.05) is 11.8 Å². The van der Waals surface area contributed by atoms with Gasteiger partial charge in [0.25, 0.3) is 8.32 Å². The van der Waals surface area contributed by atoms with Crippen molar-refractivity contribution in [2.45, 2.75) is 64.4 Å². The Kier molecular flexibility index (Phi) is 6.92. The van der Waals surface area contributed by atoms with Gasteiger partial charge in [-0.05, 0) is 89.8 Å². The number of carbonyl (C=O) groups excluding carboxylic acids is 1. The van der Waals surface area contributed by atoms with E-state index >= 15 is 0 Å². The largest absolute Gasteiger partial charge is 0.401 e. The van der Waals surface area contributed by atoms with Gasteiger partial charge in [-0.2, -0.15) is 0 Å². The van der Waals surface area contributed by atoms with Crippen molar-refractivity contribution >= 4 is 29.7 Å². The van der Waals surface area contributed by atoms with Gasteiger partial charge in [-0.1, -0.05) is 103 Å². The van der Waals surface area contributed by atoms with Crippen LogP contribution in [0.25, 0.3) is 0 Å². The van der Waals surface area contributed by atoms with E-state index in [1.165, 1.54) is 27.6 Å². The normalized spacial score (nSPS) is 32.9. The summed E-state index contributed by atoms with van der Waals surface area (Å²) >= 11 is 0. The van der Waals surface area contributed by atoms with Crippen molar-refractivity contribution in [3.63, 3.8) is 0 Å². The first kappa shape index (κ1) is 27.1. The molecule has 0 radical (unpaired) electrons. The lowest BCUT2D eigenvalue weighted by molar-refractivity contribution is -0.119. The minimum absolute atomic E-state index is 0.0973. The molecule has 0 heterocycles. The number of aliphatic hydroxyl groups is 1. The molecule has 7 rings (SSSR count). The summed E-state index contributed by atoms with van der Waals surface area (Å²) in [5.41, 5.74) is 1.16. The first-order chi connectivity index (χ1) is 20.0. The molecule has 0 unspecified atom stereocenters. The lowest BCUT2D eigenvalue weighted by Gasteiger charge is -2.58. The molecule has 3 aromatic carbocycles. The fourth-order valence-corrected chi connectivity index (χ4v) is 13.9. The number of hydrogen-bond acceptors (Lipinski definition) is 3. The maximum absolute atomic E-state index is 12.3. The quantitative estimate of drug-likeness (QED) is 0.317. The molecule has 4 aliphatic rings. The lowest BCUT2D eigenvalue weighted by Crippen LogP contribution is -2.71. The van der Waals surface area contributed by atoms with Crippen LogP contribution in [0.2, 0.25) is 0 Å². The van der Waals surface area contributed by atoms with Crippen LogP contribution >= 0.6 is 0 Å². The van der Waals surface area contributed by atoms with Crippen molar-refractivity contribution in [3.8, 4) is 0 Å². The molecule has 41 heavy (non-hydrogen) atoms. The van der Waals surface area contributed by atoms with E-state index in [4.69, 9.17) is 4.43 Å². The van der Waals surface area contributed by atoms with Crippen molar-refractivity contribution in [1.82, 2.24) is 0 Å². The zero-order chi connectivity index (χ0) is 28.1. The topological polar surface area (TPSA) is 46.5 Å². The SMILES string of the molecule is C[C@]12CC[C@H]3[C@@H](CCC4=CC(=O)CC[C@@]43CO)[C@@H]1CC[C@@H]2O[Si](c1ccccc1)(c1ccccc1)c1ccccc1. The van der Waals surface area contributed by atoms with Gasteiger partial charge in [0.05, 0.1) is 12.7 Å². The molecule has 0 spiro atoms. The van der Waals surface area contributed by atoms with Gasteiger partial charge in [0.15, 0.2) is 5.78 Å². The van der Waals surface area contributed by atoms with Crippen molar-refractivity contribution in [1.29, 1.82) is 0 Å². The van der Waals surface area contributed by atoms with Crippen LogP contribution in [-0.2, 0) is 9.22 Å². The van der Waals surface area contributed by atoms with Crippen LogP contribution in [0.3, 0.4) is 0 Å². The monoisotopic (exact) mass is 562 g/mol. The van der Waals surface area contributed by atoms with Gasteiger partial charge in [0.1, 0.15) is 0 Å². The molecule has 0 aliphatic heterocycles. The third kappa shape index (κ3) is 4.17. The predicted molar refractivity (Wildman–Crippen MR) is 167 cm³/mol. The molecule has 6 atom stereocenters. The average Bonchev–Trinajstić information content (AvgIpc) is 3.36. The van der Waals surface area contributed by atoms with E-state index in [-0.39, 0.29) is 29.3 Å². The van der Waals surface area contributed by atoms with E-state index in [2.05, 4.69) is 97.9 Å². The van der Waals surface area contributed by atoms with Crippen LogP contribution in [0.1, 0.15) is 58.3 Å². The molecule has 3 fully saturated rings. The van der Waals surface area contributed by atoms with Crippen molar-refractivity contribution in [2.24, 2.45) is 28.6 Å². The number of aliphatic hydroxyl groups excluding tert-OH is 1. The highest BCUT2D eigenvalue weighted by molar-refractivity contribution is 7.07. The highest BCUT2D eigenvalue weighted by Crippen LogP contribution is 2.65. The minimum Gasteiger partial charge on any atom is -0.401 e. The molecule has 3 nitrogen and oxygen atoms in total. The van der Waals surface area contributed by atoms with Crippen LogP contribution in [-0.4, -0.2) is 31.9 Å². The third-order valence-electron chi connectivity index (χ3n) is 11.7. The summed E-state index contributed by atoms with van der Waals surface area (Å²) in [5, 5.41) is 14.7. The molecule has 0 saturated heterocycles. The highest BCUT2D eigenvalue weighted by Gasteiger charge is 2.61. The summed E-state index contributed by atoms with van der Waals surface area (Å²) < 4.78 is 7.82. The van der Waals surface area contributed by atoms with Crippen molar-refractivity contribution in [3.05, 3.63) is 103 Å². The molecule has 0 aromatic heterocycles. The molecule has 4 heteroatoms. The first-order valence-electron chi connectivity index (χ1n) is 15.7. The zero-order valence-electron chi connectivity index (χ0n) is 24.2. The van der Waals surface area contributed by atoms with E-state index in [0.717, 1.165) is 38.5 Å². The Morgan fingerprint density at radius 3 is 1.90 bits per heavy atom. The lowest BCUT2D eigenvalue weighted by atomic mass is 9.47. The highest BCUT2D eigenvalue weighted by atomic mass is 28.4. The molecule has 3 aromatic rings. The van der Waals surface area contributed by atoms with Gasteiger partial charge in [-0.3, -0.25) is 4.79 Å². The Morgan fingerprint density at radius 2 is 1.34 bits per heavy atom. The second-order valence-corrected chi connectivity index (χ2v) is 16.7. The Labute approximate surface area is 245 Å². The van der Waals surface area contributed by atoms with Crippen LogP contribution < -0.4 is 15.6 Å². The Morgan fingerprint density at radius 1 is 0.756 bits per heavy atom. The molecular weight excluding hydrogens is 520 g/mol. The Hall–Kier alpha value is -2.79. The molecule has 212 valence electrons. The summed E-state index contributed by atoms with van der Waals surface area (Å²) in [5.74, 6) is 1.89. The van der Waals surface area contributed by atoms with E-state index < -0.39 is 8.32 Å². The molecule has 4 aliphatic carbocycles. The number of benzene rings is 3. The maximum atomic E-state index is 12.3. The zero-order valence-corrected chi connectivity index (χ0v) is 25.2. The second kappa shape index (κ2) is 10.5.